The number of hydrogen-bond donors (Lipinski definition) is 0. The fourth-order valence-electron chi connectivity index (χ4n) is 1.95. The van der Waals surface area contributed by atoms with Crippen LogP contribution in [0.3, 0.4) is 0 Å². The zero-order valence-corrected chi connectivity index (χ0v) is 13.6. The lowest BCUT2D eigenvalue weighted by molar-refractivity contribution is 0.102. The SMILES string of the molecule is CC(C)c1ccc(S(=O)CC(=O)c2cccc(Cl)c2)cc1. The summed E-state index contributed by atoms with van der Waals surface area (Å²) in [6, 6.07) is 14.3. The van der Waals surface area contributed by atoms with Crippen molar-refractivity contribution in [2.75, 3.05) is 5.75 Å². The Morgan fingerprint density at radius 1 is 1.14 bits per heavy atom. The standard InChI is InChI=1S/C17H17ClO2S/c1-12(2)13-6-8-16(9-7-13)21(20)11-17(19)14-4-3-5-15(18)10-14/h3-10,12H,11H2,1-2H3. The van der Waals surface area contributed by atoms with Crippen LogP contribution >= 0.6 is 11.6 Å². The van der Waals surface area contributed by atoms with Gasteiger partial charge in [-0.1, -0.05) is 49.7 Å². The molecule has 0 heterocycles. The molecule has 0 saturated heterocycles. The Morgan fingerprint density at radius 3 is 2.38 bits per heavy atom. The van der Waals surface area contributed by atoms with Gasteiger partial charge in [0.15, 0.2) is 5.78 Å². The summed E-state index contributed by atoms with van der Waals surface area (Å²) < 4.78 is 12.3. The minimum atomic E-state index is -1.33. The summed E-state index contributed by atoms with van der Waals surface area (Å²) in [5.74, 6) is 0.241. The minimum absolute atomic E-state index is 0.0264. The zero-order chi connectivity index (χ0) is 15.4. The molecular weight excluding hydrogens is 304 g/mol. The number of halogens is 1. The second kappa shape index (κ2) is 7.01. The monoisotopic (exact) mass is 320 g/mol. The van der Waals surface area contributed by atoms with E-state index in [1.807, 2.05) is 24.3 Å². The normalized spacial score (nSPS) is 12.4. The molecule has 4 heteroatoms. The molecular formula is C17H17ClO2S. The molecule has 0 N–H and O–H groups in total. The molecule has 0 fully saturated rings. The van der Waals surface area contributed by atoms with Crippen molar-refractivity contribution in [2.24, 2.45) is 0 Å². The van der Waals surface area contributed by atoms with Crippen molar-refractivity contribution >= 4 is 28.2 Å². The van der Waals surface area contributed by atoms with Crippen LogP contribution in [0.15, 0.2) is 53.4 Å². The molecule has 0 aliphatic heterocycles. The van der Waals surface area contributed by atoms with Crippen LogP contribution < -0.4 is 0 Å². The molecule has 2 rings (SSSR count). The van der Waals surface area contributed by atoms with E-state index in [2.05, 4.69) is 13.8 Å². The summed E-state index contributed by atoms with van der Waals surface area (Å²) in [5.41, 5.74) is 1.69. The van der Waals surface area contributed by atoms with E-state index in [0.29, 0.717) is 21.4 Å². The number of hydrogen-bond acceptors (Lipinski definition) is 2. The molecule has 2 nitrogen and oxygen atoms in total. The second-order valence-electron chi connectivity index (χ2n) is 5.15. The number of carbonyl (C=O) groups excluding carboxylic acids is 1. The van der Waals surface area contributed by atoms with Crippen LogP contribution in [-0.4, -0.2) is 15.7 Å². The van der Waals surface area contributed by atoms with E-state index in [1.165, 1.54) is 5.56 Å². The van der Waals surface area contributed by atoms with Crippen molar-refractivity contribution in [1.82, 2.24) is 0 Å². The number of carbonyl (C=O) groups is 1. The van der Waals surface area contributed by atoms with Gasteiger partial charge in [-0.15, -0.1) is 0 Å². The van der Waals surface area contributed by atoms with E-state index in [4.69, 9.17) is 11.6 Å². The Hall–Kier alpha value is -1.45. The maximum Gasteiger partial charge on any atom is 0.175 e. The highest BCUT2D eigenvalue weighted by Gasteiger charge is 2.13. The van der Waals surface area contributed by atoms with Crippen molar-refractivity contribution in [3.05, 3.63) is 64.7 Å². The predicted molar refractivity (Wildman–Crippen MR) is 87.6 cm³/mol. The Morgan fingerprint density at radius 2 is 1.81 bits per heavy atom. The van der Waals surface area contributed by atoms with Gasteiger partial charge in [-0.2, -0.15) is 0 Å². The number of rotatable bonds is 5. The molecule has 0 bridgehead atoms. The smallest absolute Gasteiger partial charge is 0.175 e. The van der Waals surface area contributed by atoms with Crippen molar-refractivity contribution in [1.29, 1.82) is 0 Å². The third-order valence-corrected chi connectivity index (χ3v) is 4.78. The van der Waals surface area contributed by atoms with Crippen LogP contribution in [0.2, 0.25) is 5.02 Å². The summed E-state index contributed by atoms with van der Waals surface area (Å²) in [7, 11) is -1.33. The molecule has 110 valence electrons. The third-order valence-electron chi connectivity index (χ3n) is 3.22. The van der Waals surface area contributed by atoms with E-state index in [-0.39, 0.29) is 11.5 Å². The van der Waals surface area contributed by atoms with Crippen molar-refractivity contribution in [3.63, 3.8) is 0 Å². The quantitative estimate of drug-likeness (QED) is 0.762. The lowest BCUT2D eigenvalue weighted by atomic mass is 10.0. The highest BCUT2D eigenvalue weighted by molar-refractivity contribution is 7.85. The van der Waals surface area contributed by atoms with Gasteiger partial charge in [-0.3, -0.25) is 9.00 Å². The molecule has 1 unspecified atom stereocenters. The van der Waals surface area contributed by atoms with Crippen LogP contribution in [0.4, 0.5) is 0 Å². The molecule has 2 aromatic rings. The molecule has 2 aromatic carbocycles. The zero-order valence-electron chi connectivity index (χ0n) is 12.0. The first-order valence-corrected chi connectivity index (χ1v) is 8.44. The first kappa shape index (κ1) is 15.9. The Balaban J connectivity index is 2.09. The van der Waals surface area contributed by atoms with Crippen LogP contribution in [0, 0.1) is 0 Å². The van der Waals surface area contributed by atoms with E-state index in [1.54, 1.807) is 24.3 Å². The lowest BCUT2D eigenvalue weighted by Crippen LogP contribution is -2.11. The van der Waals surface area contributed by atoms with Crippen molar-refractivity contribution < 1.29 is 9.00 Å². The van der Waals surface area contributed by atoms with Crippen LogP contribution in [0.5, 0.6) is 0 Å². The summed E-state index contributed by atoms with van der Waals surface area (Å²) in [6.45, 7) is 4.21. The first-order chi connectivity index (χ1) is 9.97. The van der Waals surface area contributed by atoms with Gasteiger partial charge in [-0.05, 0) is 35.7 Å². The lowest BCUT2D eigenvalue weighted by Gasteiger charge is -2.07. The number of benzene rings is 2. The molecule has 0 aliphatic carbocycles. The molecule has 0 aliphatic rings. The van der Waals surface area contributed by atoms with Crippen molar-refractivity contribution in [2.45, 2.75) is 24.7 Å². The van der Waals surface area contributed by atoms with Crippen molar-refractivity contribution in [3.8, 4) is 0 Å². The predicted octanol–water partition coefficient (Wildman–Crippen LogP) is 4.45. The highest BCUT2D eigenvalue weighted by atomic mass is 35.5. The van der Waals surface area contributed by atoms with E-state index >= 15 is 0 Å². The number of Topliss-reactive ketones (excluding diaryl/α,β-unsaturated/α-hetero) is 1. The Kier molecular flexibility index (Phi) is 5.32. The molecule has 21 heavy (non-hydrogen) atoms. The highest BCUT2D eigenvalue weighted by Crippen LogP contribution is 2.17. The summed E-state index contributed by atoms with van der Waals surface area (Å²) in [5, 5.41) is 0.507. The summed E-state index contributed by atoms with van der Waals surface area (Å²) in [6.07, 6.45) is 0. The van der Waals surface area contributed by atoms with Gasteiger partial charge in [0.05, 0.1) is 16.6 Å². The molecule has 0 saturated carbocycles. The Bertz CT molecular complexity index is 663. The molecule has 0 aromatic heterocycles. The maximum atomic E-state index is 12.3. The molecule has 0 amide bonds. The van der Waals surface area contributed by atoms with Gasteiger partial charge in [0.25, 0.3) is 0 Å². The summed E-state index contributed by atoms with van der Waals surface area (Å²) >= 11 is 5.86. The fourth-order valence-corrected chi connectivity index (χ4v) is 3.15. The average molecular weight is 321 g/mol. The molecule has 0 radical (unpaired) electrons. The first-order valence-electron chi connectivity index (χ1n) is 6.74. The summed E-state index contributed by atoms with van der Waals surface area (Å²) in [4.78, 5) is 12.8. The fraction of sp³-hybridized carbons (Fsp3) is 0.235. The van der Waals surface area contributed by atoms with Gasteiger partial charge in [0, 0.05) is 15.5 Å². The van der Waals surface area contributed by atoms with Gasteiger partial charge < -0.3 is 0 Å². The van der Waals surface area contributed by atoms with E-state index in [9.17, 15) is 9.00 Å². The van der Waals surface area contributed by atoms with Gasteiger partial charge in [0.1, 0.15) is 0 Å². The van der Waals surface area contributed by atoms with Crippen LogP contribution in [0.1, 0.15) is 35.7 Å². The van der Waals surface area contributed by atoms with E-state index < -0.39 is 10.8 Å². The number of ketones is 1. The van der Waals surface area contributed by atoms with Gasteiger partial charge >= 0.3 is 0 Å². The largest absolute Gasteiger partial charge is 0.293 e. The molecule has 1 atom stereocenters. The average Bonchev–Trinajstić information content (AvgIpc) is 2.47. The van der Waals surface area contributed by atoms with Gasteiger partial charge in [0.2, 0.25) is 0 Å². The minimum Gasteiger partial charge on any atom is -0.293 e. The Labute approximate surface area is 132 Å². The van der Waals surface area contributed by atoms with Crippen LogP contribution in [0.25, 0.3) is 0 Å². The topological polar surface area (TPSA) is 34.1 Å². The third kappa shape index (κ3) is 4.26. The maximum absolute atomic E-state index is 12.3. The second-order valence-corrected chi connectivity index (χ2v) is 7.03. The molecule has 0 spiro atoms. The van der Waals surface area contributed by atoms with E-state index in [0.717, 1.165) is 0 Å². The van der Waals surface area contributed by atoms with Crippen LogP contribution in [-0.2, 0) is 10.8 Å². The van der Waals surface area contributed by atoms with Gasteiger partial charge in [-0.25, -0.2) is 0 Å².